The van der Waals surface area contributed by atoms with Crippen molar-refractivity contribution in [2.24, 2.45) is 0 Å². The van der Waals surface area contributed by atoms with E-state index in [0.717, 1.165) is 26.1 Å². The maximum atomic E-state index is 11.9. The summed E-state index contributed by atoms with van der Waals surface area (Å²) in [6.07, 6.45) is 0.855. The van der Waals surface area contributed by atoms with Crippen LogP contribution in [0.3, 0.4) is 0 Å². The van der Waals surface area contributed by atoms with Gasteiger partial charge in [0.1, 0.15) is 5.02 Å². The number of carbonyl (C=O) groups excluding carboxylic acids is 1. The van der Waals surface area contributed by atoms with Crippen molar-refractivity contribution in [1.82, 2.24) is 10.2 Å². The number of rotatable bonds is 8. The summed E-state index contributed by atoms with van der Waals surface area (Å²) in [5.74, 6) is -0.272. The summed E-state index contributed by atoms with van der Waals surface area (Å²) in [5, 5.41) is 13.4. The average Bonchev–Trinajstić information content (AvgIpc) is 2.46. The highest BCUT2D eigenvalue weighted by molar-refractivity contribution is 6.33. The minimum atomic E-state index is -0.575. The maximum absolute atomic E-state index is 11.9. The molecule has 0 saturated carbocycles. The molecule has 0 saturated heterocycles. The van der Waals surface area contributed by atoms with E-state index >= 15 is 0 Å². The number of amides is 1. The minimum Gasteiger partial charge on any atom is -0.352 e. The van der Waals surface area contributed by atoms with Crippen LogP contribution in [0.1, 0.15) is 30.6 Å². The summed E-state index contributed by atoms with van der Waals surface area (Å²) in [6.45, 7) is 7.66. The van der Waals surface area contributed by atoms with Crippen LogP contribution >= 0.6 is 11.6 Å². The van der Waals surface area contributed by atoms with Crippen molar-refractivity contribution >= 4 is 23.2 Å². The molecule has 0 aliphatic heterocycles. The van der Waals surface area contributed by atoms with Gasteiger partial charge >= 0.3 is 0 Å². The summed E-state index contributed by atoms with van der Waals surface area (Å²) in [7, 11) is 0. The first kappa shape index (κ1) is 17.4. The third-order valence-corrected chi connectivity index (χ3v) is 3.54. The minimum absolute atomic E-state index is 0.0317. The van der Waals surface area contributed by atoms with Gasteiger partial charge in [-0.25, -0.2) is 0 Å². The predicted molar refractivity (Wildman–Crippen MR) is 82.8 cm³/mol. The Kier molecular flexibility index (Phi) is 7.11. The summed E-state index contributed by atoms with van der Waals surface area (Å²) < 4.78 is 0. The van der Waals surface area contributed by atoms with E-state index in [2.05, 4.69) is 24.1 Å². The topological polar surface area (TPSA) is 75.5 Å². The molecule has 1 N–H and O–H groups in total. The fourth-order valence-electron chi connectivity index (χ4n) is 1.94. The highest BCUT2D eigenvalue weighted by Crippen LogP contribution is 2.24. The molecule has 0 aromatic heterocycles. The predicted octanol–water partition coefficient (Wildman–Crippen LogP) is 2.71. The summed E-state index contributed by atoms with van der Waals surface area (Å²) in [5.41, 5.74) is 0.128. The number of halogens is 1. The van der Waals surface area contributed by atoms with Gasteiger partial charge < -0.3 is 10.2 Å². The summed E-state index contributed by atoms with van der Waals surface area (Å²) in [6, 6.07) is 3.97. The smallest absolute Gasteiger partial charge is 0.287 e. The zero-order valence-electron chi connectivity index (χ0n) is 12.3. The number of hydrogen-bond donors (Lipinski definition) is 1. The number of nitro benzene ring substituents is 1. The van der Waals surface area contributed by atoms with Gasteiger partial charge in [-0.2, -0.15) is 0 Å². The lowest BCUT2D eigenvalue weighted by Crippen LogP contribution is -2.29. The molecule has 0 aliphatic rings. The Morgan fingerprint density at radius 1 is 1.38 bits per heavy atom. The van der Waals surface area contributed by atoms with Crippen LogP contribution in [0.15, 0.2) is 18.2 Å². The van der Waals surface area contributed by atoms with Crippen molar-refractivity contribution in [2.45, 2.75) is 20.3 Å². The van der Waals surface area contributed by atoms with Crippen molar-refractivity contribution in [2.75, 3.05) is 26.2 Å². The fraction of sp³-hybridized carbons (Fsp3) is 0.500. The van der Waals surface area contributed by atoms with Crippen LogP contribution in [0.2, 0.25) is 5.02 Å². The first-order valence-corrected chi connectivity index (χ1v) is 7.31. The van der Waals surface area contributed by atoms with Crippen LogP contribution in [0.4, 0.5) is 5.69 Å². The van der Waals surface area contributed by atoms with Gasteiger partial charge in [-0.15, -0.1) is 0 Å². The molecule has 116 valence electrons. The molecule has 7 heteroatoms. The van der Waals surface area contributed by atoms with E-state index in [9.17, 15) is 14.9 Å². The third kappa shape index (κ3) is 5.32. The van der Waals surface area contributed by atoms with Gasteiger partial charge in [0.2, 0.25) is 0 Å². The summed E-state index contributed by atoms with van der Waals surface area (Å²) in [4.78, 5) is 24.3. The van der Waals surface area contributed by atoms with Crippen molar-refractivity contribution in [3.8, 4) is 0 Å². The monoisotopic (exact) mass is 313 g/mol. The number of nitrogens with zero attached hydrogens (tertiary/aromatic N) is 2. The zero-order chi connectivity index (χ0) is 15.8. The molecule has 0 unspecified atom stereocenters. The molecular weight excluding hydrogens is 294 g/mol. The Morgan fingerprint density at radius 2 is 2.05 bits per heavy atom. The molecule has 1 rings (SSSR count). The van der Waals surface area contributed by atoms with Gasteiger partial charge in [0, 0.05) is 18.2 Å². The largest absolute Gasteiger partial charge is 0.352 e. The molecule has 1 aromatic rings. The van der Waals surface area contributed by atoms with Gasteiger partial charge in [0.15, 0.2) is 0 Å². The second-order valence-corrected chi connectivity index (χ2v) is 4.97. The van der Waals surface area contributed by atoms with Gasteiger partial charge in [0.05, 0.1) is 4.92 Å². The number of hydrogen-bond acceptors (Lipinski definition) is 4. The van der Waals surface area contributed by atoms with Crippen LogP contribution in [0.5, 0.6) is 0 Å². The van der Waals surface area contributed by atoms with Gasteiger partial charge in [0.25, 0.3) is 11.6 Å². The Labute approximate surface area is 129 Å². The molecule has 0 spiro atoms. The van der Waals surface area contributed by atoms with Crippen LogP contribution < -0.4 is 5.32 Å². The van der Waals surface area contributed by atoms with E-state index in [0.29, 0.717) is 12.1 Å². The zero-order valence-corrected chi connectivity index (χ0v) is 13.0. The van der Waals surface area contributed by atoms with Gasteiger partial charge in [-0.1, -0.05) is 25.4 Å². The number of nitro groups is 1. The van der Waals surface area contributed by atoms with Crippen LogP contribution in [-0.4, -0.2) is 41.9 Å². The normalized spacial score (nSPS) is 10.7. The molecule has 6 nitrogen and oxygen atoms in total. The quantitative estimate of drug-likeness (QED) is 0.455. The molecule has 1 aromatic carbocycles. The molecule has 0 bridgehead atoms. The van der Waals surface area contributed by atoms with Crippen molar-refractivity contribution < 1.29 is 9.72 Å². The second kappa shape index (κ2) is 8.59. The van der Waals surface area contributed by atoms with Gasteiger partial charge in [-0.05, 0) is 38.2 Å². The molecule has 0 heterocycles. The van der Waals surface area contributed by atoms with Crippen LogP contribution in [0, 0.1) is 10.1 Å². The average molecular weight is 314 g/mol. The molecular formula is C14H20ClN3O3. The SMILES string of the molecule is CCN(CC)CCCNC(=O)c1ccc([N+](=O)[O-])c(Cl)c1. The Bertz CT molecular complexity index is 504. The lowest BCUT2D eigenvalue weighted by atomic mass is 10.2. The van der Waals surface area contributed by atoms with E-state index in [1.54, 1.807) is 0 Å². The van der Waals surface area contributed by atoms with Crippen LogP contribution in [-0.2, 0) is 0 Å². The Morgan fingerprint density at radius 3 is 2.57 bits per heavy atom. The Hall–Kier alpha value is -1.66. The van der Waals surface area contributed by atoms with E-state index in [-0.39, 0.29) is 16.6 Å². The Balaban J connectivity index is 2.49. The number of nitrogens with one attached hydrogen (secondary N) is 1. The molecule has 1 amide bonds. The van der Waals surface area contributed by atoms with E-state index in [4.69, 9.17) is 11.6 Å². The fourth-order valence-corrected chi connectivity index (χ4v) is 2.19. The highest BCUT2D eigenvalue weighted by Gasteiger charge is 2.15. The van der Waals surface area contributed by atoms with Crippen molar-refractivity contribution in [3.63, 3.8) is 0 Å². The second-order valence-electron chi connectivity index (χ2n) is 4.56. The maximum Gasteiger partial charge on any atom is 0.287 e. The van der Waals surface area contributed by atoms with E-state index in [1.807, 2.05) is 0 Å². The lowest BCUT2D eigenvalue weighted by Gasteiger charge is -2.17. The molecule has 0 aliphatic carbocycles. The number of carbonyl (C=O) groups is 1. The lowest BCUT2D eigenvalue weighted by molar-refractivity contribution is -0.384. The highest BCUT2D eigenvalue weighted by atomic mass is 35.5. The third-order valence-electron chi connectivity index (χ3n) is 3.24. The van der Waals surface area contributed by atoms with E-state index in [1.165, 1.54) is 18.2 Å². The van der Waals surface area contributed by atoms with E-state index < -0.39 is 4.92 Å². The van der Waals surface area contributed by atoms with Gasteiger partial charge in [-0.3, -0.25) is 14.9 Å². The molecule has 0 radical (unpaired) electrons. The van der Waals surface area contributed by atoms with Crippen molar-refractivity contribution in [1.29, 1.82) is 0 Å². The van der Waals surface area contributed by atoms with Crippen molar-refractivity contribution in [3.05, 3.63) is 38.9 Å². The number of benzene rings is 1. The molecule has 21 heavy (non-hydrogen) atoms. The first-order valence-electron chi connectivity index (χ1n) is 6.94. The standard InChI is InChI=1S/C14H20ClN3O3/c1-3-17(4-2)9-5-8-16-14(19)11-6-7-13(18(20)21)12(15)10-11/h6-7,10H,3-5,8-9H2,1-2H3,(H,16,19). The molecule has 0 fully saturated rings. The first-order chi connectivity index (χ1) is 9.99. The summed E-state index contributed by atoms with van der Waals surface area (Å²) >= 11 is 5.78. The van der Waals surface area contributed by atoms with Crippen LogP contribution in [0.25, 0.3) is 0 Å². The molecule has 0 atom stereocenters.